The van der Waals surface area contributed by atoms with Crippen molar-refractivity contribution in [3.05, 3.63) is 54.1 Å². The third-order valence-electron chi connectivity index (χ3n) is 6.05. The second-order valence-corrected chi connectivity index (χ2v) is 9.83. The third kappa shape index (κ3) is 5.02. The maximum atomic E-state index is 13.0. The standard InChI is InChI=1S/C23H29N3O4S/c1-30-21-10-5-9-20(17-21)25-12-14-26(15-13-25)23(27)18-6-4-11-22(16-18)31(28,29)24-19-7-2-3-8-19/h4-6,9-11,16-17,19,24H,2-3,7-8,12-15H2,1H3. The van der Waals surface area contributed by atoms with E-state index >= 15 is 0 Å². The smallest absolute Gasteiger partial charge is 0.254 e. The van der Waals surface area contributed by atoms with Gasteiger partial charge in [-0.3, -0.25) is 4.79 Å². The molecular formula is C23H29N3O4S. The van der Waals surface area contributed by atoms with E-state index in [1.165, 1.54) is 6.07 Å². The van der Waals surface area contributed by atoms with Crippen LogP contribution in [0.15, 0.2) is 53.4 Å². The molecule has 166 valence electrons. The highest BCUT2D eigenvalue weighted by molar-refractivity contribution is 7.89. The van der Waals surface area contributed by atoms with Gasteiger partial charge in [0.15, 0.2) is 0 Å². The van der Waals surface area contributed by atoms with Crippen molar-refractivity contribution in [3.63, 3.8) is 0 Å². The molecule has 7 nitrogen and oxygen atoms in total. The second-order valence-electron chi connectivity index (χ2n) is 8.11. The number of carbonyl (C=O) groups excluding carboxylic acids is 1. The minimum atomic E-state index is -3.62. The van der Waals surface area contributed by atoms with Gasteiger partial charge in [0.2, 0.25) is 10.0 Å². The molecule has 0 aromatic heterocycles. The number of ether oxygens (including phenoxy) is 1. The van der Waals surface area contributed by atoms with Crippen molar-refractivity contribution in [1.29, 1.82) is 0 Å². The summed E-state index contributed by atoms with van der Waals surface area (Å²) in [5.74, 6) is 0.670. The lowest BCUT2D eigenvalue weighted by molar-refractivity contribution is 0.0746. The SMILES string of the molecule is COc1cccc(N2CCN(C(=O)c3cccc(S(=O)(=O)NC4CCCC4)c3)CC2)c1. The molecule has 0 atom stereocenters. The van der Waals surface area contributed by atoms with Gasteiger partial charge in [-0.25, -0.2) is 13.1 Å². The molecule has 1 heterocycles. The fraction of sp³-hybridized carbons (Fsp3) is 0.435. The third-order valence-corrected chi connectivity index (χ3v) is 7.57. The molecule has 1 amide bonds. The predicted octanol–water partition coefficient (Wildman–Crippen LogP) is 2.88. The summed E-state index contributed by atoms with van der Waals surface area (Å²) in [6.07, 6.45) is 3.84. The molecule has 2 aromatic rings. The highest BCUT2D eigenvalue weighted by Gasteiger charge is 2.26. The van der Waals surface area contributed by atoms with Gasteiger partial charge in [0.25, 0.3) is 5.91 Å². The summed E-state index contributed by atoms with van der Waals surface area (Å²) < 4.78 is 33.6. The summed E-state index contributed by atoms with van der Waals surface area (Å²) in [6, 6.07) is 14.3. The summed E-state index contributed by atoms with van der Waals surface area (Å²) >= 11 is 0. The van der Waals surface area contributed by atoms with Crippen molar-refractivity contribution in [2.75, 3.05) is 38.2 Å². The maximum absolute atomic E-state index is 13.0. The number of piperazine rings is 1. The van der Waals surface area contributed by atoms with Crippen LogP contribution in [-0.2, 0) is 10.0 Å². The van der Waals surface area contributed by atoms with E-state index in [-0.39, 0.29) is 16.8 Å². The van der Waals surface area contributed by atoms with Crippen LogP contribution in [-0.4, -0.2) is 58.6 Å². The zero-order valence-corrected chi connectivity index (χ0v) is 18.6. The number of anilines is 1. The molecule has 0 spiro atoms. The first-order valence-electron chi connectivity index (χ1n) is 10.8. The molecule has 1 saturated carbocycles. The highest BCUT2D eigenvalue weighted by atomic mass is 32.2. The van der Waals surface area contributed by atoms with E-state index in [1.807, 2.05) is 24.3 Å². The molecule has 0 radical (unpaired) electrons. The number of amides is 1. The fourth-order valence-electron chi connectivity index (χ4n) is 4.28. The lowest BCUT2D eigenvalue weighted by Gasteiger charge is -2.36. The van der Waals surface area contributed by atoms with Crippen LogP contribution >= 0.6 is 0 Å². The Labute approximate surface area is 184 Å². The van der Waals surface area contributed by atoms with Crippen molar-refractivity contribution in [1.82, 2.24) is 9.62 Å². The van der Waals surface area contributed by atoms with Crippen LogP contribution in [0, 0.1) is 0 Å². The molecule has 1 aliphatic carbocycles. The molecule has 0 unspecified atom stereocenters. The molecule has 2 aromatic carbocycles. The Kier molecular flexibility index (Phi) is 6.48. The molecule has 1 aliphatic heterocycles. The van der Waals surface area contributed by atoms with E-state index in [4.69, 9.17) is 4.74 Å². The van der Waals surface area contributed by atoms with Crippen LogP contribution in [0.5, 0.6) is 5.75 Å². The van der Waals surface area contributed by atoms with Crippen LogP contribution in [0.1, 0.15) is 36.0 Å². The predicted molar refractivity (Wildman–Crippen MR) is 120 cm³/mol. The van der Waals surface area contributed by atoms with Gasteiger partial charge >= 0.3 is 0 Å². The van der Waals surface area contributed by atoms with Gasteiger partial charge in [-0.15, -0.1) is 0 Å². The number of benzene rings is 2. The van der Waals surface area contributed by atoms with E-state index in [1.54, 1.807) is 30.2 Å². The Morgan fingerprint density at radius 1 is 1.00 bits per heavy atom. The summed E-state index contributed by atoms with van der Waals surface area (Å²) in [4.78, 5) is 17.2. The number of sulfonamides is 1. The van der Waals surface area contributed by atoms with E-state index in [9.17, 15) is 13.2 Å². The molecule has 4 rings (SSSR count). The van der Waals surface area contributed by atoms with Crippen molar-refractivity contribution in [3.8, 4) is 5.75 Å². The Bertz CT molecular complexity index is 1030. The summed E-state index contributed by atoms with van der Waals surface area (Å²) in [5.41, 5.74) is 1.47. The van der Waals surface area contributed by atoms with Gasteiger partial charge in [-0.1, -0.05) is 25.0 Å². The molecular weight excluding hydrogens is 414 g/mol. The number of nitrogens with one attached hydrogen (secondary N) is 1. The normalized spacial score (nSPS) is 17.7. The van der Waals surface area contributed by atoms with Gasteiger partial charge in [0.1, 0.15) is 5.75 Å². The number of hydrogen-bond donors (Lipinski definition) is 1. The largest absolute Gasteiger partial charge is 0.497 e. The Hall–Kier alpha value is -2.58. The first kappa shape index (κ1) is 21.6. The van der Waals surface area contributed by atoms with Crippen molar-refractivity contribution in [2.45, 2.75) is 36.6 Å². The van der Waals surface area contributed by atoms with E-state index < -0.39 is 10.0 Å². The van der Waals surface area contributed by atoms with Crippen LogP contribution in [0.3, 0.4) is 0 Å². The van der Waals surface area contributed by atoms with Crippen molar-refractivity contribution >= 4 is 21.6 Å². The summed E-state index contributed by atoms with van der Waals surface area (Å²) in [6.45, 7) is 2.57. The molecule has 1 N–H and O–H groups in total. The molecule has 8 heteroatoms. The lowest BCUT2D eigenvalue weighted by atomic mass is 10.1. The summed E-state index contributed by atoms with van der Waals surface area (Å²) in [7, 11) is -1.98. The number of methoxy groups -OCH3 is 1. The number of hydrogen-bond acceptors (Lipinski definition) is 5. The minimum Gasteiger partial charge on any atom is -0.497 e. The van der Waals surface area contributed by atoms with Crippen molar-refractivity contribution in [2.24, 2.45) is 0 Å². The Morgan fingerprint density at radius 3 is 2.42 bits per heavy atom. The first-order chi connectivity index (χ1) is 15.0. The maximum Gasteiger partial charge on any atom is 0.254 e. The van der Waals surface area contributed by atoms with Crippen LogP contribution in [0.4, 0.5) is 5.69 Å². The molecule has 2 fully saturated rings. The second kappa shape index (κ2) is 9.28. The Morgan fingerprint density at radius 2 is 1.71 bits per heavy atom. The quantitative estimate of drug-likeness (QED) is 0.743. The Balaban J connectivity index is 1.41. The monoisotopic (exact) mass is 443 g/mol. The van der Waals surface area contributed by atoms with Gasteiger partial charge in [-0.2, -0.15) is 0 Å². The van der Waals surface area contributed by atoms with Crippen molar-refractivity contribution < 1.29 is 17.9 Å². The first-order valence-corrected chi connectivity index (χ1v) is 12.3. The average molecular weight is 444 g/mol. The van der Waals surface area contributed by atoms with E-state index in [0.29, 0.717) is 31.7 Å². The average Bonchev–Trinajstić information content (AvgIpc) is 3.31. The zero-order valence-electron chi connectivity index (χ0n) is 17.8. The zero-order chi connectivity index (χ0) is 21.8. The van der Waals surface area contributed by atoms with Crippen LogP contribution in [0.2, 0.25) is 0 Å². The van der Waals surface area contributed by atoms with Gasteiger partial charge in [0.05, 0.1) is 12.0 Å². The lowest BCUT2D eigenvalue weighted by Crippen LogP contribution is -2.48. The minimum absolute atomic E-state index is 0.00551. The number of rotatable bonds is 6. The fourth-order valence-corrected chi connectivity index (χ4v) is 5.64. The summed E-state index contributed by atoms with van der Waals surface area (Å²) in [5, 5.41) is 0. The van der Waals surface area contributed by atoms with Gasteiger partial charge < -0.3 is 14.5 Å². The van der Waals surface area contributed by atoms with Gasteiger partial charge in [0, 0.05) is 49.5 Å². The topological polar surface area (TPSA) is 79.0 Å². The van der Waals surface area contributed by atoms with Crippen LogP contribution in [0.25, 0.3) is 0 Å². The van der Waals surface area contributed by atoms with Crippen LogP contribution < -0.4 is 14.4 Å². The molecule has 1 saturated heterocycles. The highest BCUT2D eigenvalue weighted by Crippen LogP contribution is 2.24. The van der Waals surface area contributed by atoms with E-state index in [0.717, 1.165) is 37.1 Å². The van der Waals surface area contributed by atoms with E-state index in [2.05, 4.69) is 9.62 Å². The molecule has 31 heavy (non-hydrogen) atoms. The molecule has 0 bridgehead atoms. The number of carbonyl (C=O) groups is 1. The van der Waals surface area contributed by atoms with Gasteiger partial charge in [-0.05, 0) is 43.2 Å². The number of nitrogens with zero attached hydrogens (tertiary/aromatic N) is 2. The molecule has 2 aliphatic rings.